The van der Waals surface area contributed by atoms with Crippen molar-refractivity contribution in [3.8, 4) is 40.1 Å². The minimum Gasteiger partial charge on any atom is -0.507 e. The number of fused-ring (bicyclic) bond motifs is 1. The molecule has 0 unspecified atom stereocenters. The van der Waals surface area contributed by atoms with Crippen molar-refractivity contribution < 1.29 is 59.1 Å². The van der Waals surface area contributed by atoms with Crippen molar-refractivity contribution in [1.82, 2.24) is 0 Å². The van der Waals surface area contributed by atoms with Crippen LogP contribution in [0.4, 0.5) is 0 Å². The molecule has 0 fully saturated rings. The van der Waals surface area contributed by atoms with Gasteiger partial charge in [-0.3, -0.25) is 4.79 Å². The van der Waals surface area contributed by atoms with Gasteiger partial charge >= 0.3 is 29.6 Å². The number of benzene rings is 2. The monoisotopic (exact) mass is 339 g/mol. The molecular formula is C16H12NaO7+. The molecule has 0 saturated heterocycles. The van der Waals surface area contributed by atoms with Crippen molar-refractivity contribution in [2.45, 2.75) is 0 Å². The average Bonchev–Trinajstić information content (AvgIpc) is 2.52. The van der Waals surface area contributed by atoms with Crippen LogP contribution in [0.2, 0.25) is 0 Å². The fourth-order valence-corrected chi connectivity index (χ4v) is 2.24. The van der Waals surface area contributed by atoms with Gasteiger partial charge in [0.15, 0.2) is 17.3 Å². The maximum atomic E-state index is 12.3. The van der Waals surface area contributed by atoms with E-state index >= 15 is 0 Å². The molecule has 7 nitrogen and oxygen atoms in total. The van der Waals surface area contributed by atoms with Gasteiger partial charge in [-0.05, 0) is 18.2 Å². The molecule has 0 atom stereocenters. The summed E-state index contributed by atoms with van der Waals surface area (Å²) in [7, 11) is 1.39. The van der Waals surface area contributed by atoms with Crippen LogP contribution in [0.1, 0.15) is 0 Å². The maximum absolute atomic E-state index is 12.3. The fourth-order valence-electron chi connectivity index (χ4n) is 2.24. The minimum absolute atomic E-state index is 0. The van der Waals surface area contributed by atoms with Gasteiger partial charge in [-0.2, -0.15) is 0 Å². The van der Waals surface area contributed by atoms with E-state index in [0.29, 0.717) is 0 Å². The van der Waals surface area contributed by atoms with E-state index in [9.17, 15) is 25.2 Å². The number of phenolic OH excluding ortho intramolecular Hbond substituents is 3. The standard InChI is InChI=1S/C16H12O7.Na/c1-22-8-5-11(19)13-12(6-8)23-16(15(21)14(13)20)7-2-3-9(17)10(18)4-7;/h2-6,17-19,21H,1H3;/q;+1. The summed E-state index contributed by atoms with van der Waals surface area (Å²) >= 11 is 0. The summed E-state index contributed by atoms with van der Waals surface area (Å²) in [6.07, 6.45) is 0. The number of methoxy groups -OCH3 is 1. The Bertz CT molecular complexity index is 978. The molecule has 0 aliphatic carbocycles. The van der Waals surface area contributed by atoms with Crippen LogP contribution in [0.3, 0.4) is 0 Å². The van der Waals surface area contributed by atoms with Crippen molar-refractivity contribution in [2.24, 2.45) is 0 Å². The molecule has 0 spiro atoms. The number of aromatic hydroxyl groups is 4. The zero-order valence-corrected chi connectivity index (χ0v) is 14.9. The second-order valence-corrected chi connectivity index (χ2v) is 4.83. The fraction of sp³-hybridized carbons (Fsp3) is 0.0625. The molecule has 118 valence electrons. The molecule has 1 aromatic heterocycles. The Morgan fingerprint density at radius 1 is 0.958 bits per heavy atom. The molecule has 2 aromatic carbocycles. The zero-order valence-electron chi connectivity index (χ0n) is 12.9. The first-order valence-corrected chi connectivity index (χ1v) is 6.51. The number of phenols is 3. The van der Waals surface area contributed by atoms with Gasteiger partial charge in [0, 0.05) is 17.7 Å². The first-order valence-electron chi connectivity index (χ1n) is 6.51. The maximum Gasteiger partial charge on any atom is 1.00 e. The Kier molecular flexibility index (Phi) is 4.98. The third-order valence-electron chi connectivity index (χ3n) is 3.40. The number of hydrogen-bond acceptors (Lipinski definition) is 7. The van der Waals surface area contributed by atoms with Gasteiger partial charge in [-0.1, -0.05) is 0 Å². The Morgan fingerprint density at radius 3 is 2.29 bits per heavy atom. The van der Waals surface area contributed by atoms with Crippen LogP contribution >= 0.6 is 0 Å². The molecule has 0 saturated carbocycles. The molecule has 8 heteroatoms. The van der Waals surface area contributed by atoms with Gasteiger partial charge in [0.25, 0.3) is 0 Å². The SMILES string of the molecule is COc1cc(O)c2c(=O)c(O)c(-c3ccc(O)c(O)c3)oc2c1.[Na+]. The summed E-state index contributed by atoms with van der Waals surface area (Å²) in [6.45, 7) is 0. The molecule has 3 rings (SSSR count). The Hall–Kier alpha value is -2.35. The third-order valence-corrected chi connectivity index (χ3v) is 3.40. The first-order chi connectivity index (χ1) is 10.9. The minimum atomic E-state index is -0.825. The topological polar surface area (TPSA) is 120 Å². The van der Waals surface area contributed by atoms with Crippen LogP contribution in [0.25, 0.3) is 22.3 Å². The van der Waals surface area contributed by atoms with Crippen LogP contribution in [0, 0.1) is 0 Å². The van der Waals surface area contributed by atoms with E-state index in [1.54, 1.807) is 0 Å². The van der Waals surface area contributed by atoms with E-state index in [1.165, 1.54) is 31.4 Å². The average molecular weight is 339 g/mol. The van der Waals surface area contributed by atoms with Crippen LogP contribution in [-0.4, -0.2) is 27.5 Å². The second kappa shape index (κ2) is 6.64. The van der Waals surface area contributed by atoms with E-state index in [-0.39, 0.29) is 69.1 Å². The van der Waals surface area contributed by atoms with Crippen LogP contribution in [-0.2, 0) is 0 Å². The van der Waals surface area contributed by atoms with E-state index in [0.717, 1.165) is 6.07 Å². The van der Waals surface area contributed by atoms with Crippen LogP contribution < -0.4 is 39.7 Å². The summed E-state index contributed by atoms with van der Waals surface area (Å²) < 4.78 is 10.5. The van der Waals surface area contributed by atoms with Gasteiger partial charge in [0.2, 0.25) is 11.2 Å². The Balaban J connectivity index is 0.00000208. The van der Waals surface area contributed by atoms with E-state index in [4.69, 9.17) is 9.15 Å². The molecular weight excluding hydrogens is 327 g/mol. The zero-order chi connectivity index (χ0) is 16.7. The summed E-state index contributed by atoms with van der Waals surface area (Å²) in [6, 6.07) is 6.31. The van der Waals surface area contributed by atoms with Crippen molar-refractivity contribution in [1.29, 1.82) is 0 Å². The Labute approximate surface area is 157 Å². The Morgan fingerprint density at radius 2 is 1.67 bits per heavy atom. The summed E-state index contributed by atoms with van der Waals surface area (Å²) in [5.41, 5.74) is -0.639. The molecule has 3 aromatic rings. The molecule has 0 aliphatic heterocycles. The molecule has 0 bridgehead atoms. The predicted molar refractivity (Wildman–Crippen MR) is 81.1 cm³/mol. The molecule has 24 heavy (non-hydrogen) atoms. The summed E-state index contributed by atoms with van der Waals surface area (Å²) in [4.78, 5) is 12.3. The smallest absolute Gasteiger partial charge is 0.507 e. The second-order valence-electron chi connectivity index (χ2n) is 4.83. The number of ether oxygens (including phenoxy) is 1. The quantitative estimate of drug-likeness (QED) is 0.360. The largest absolute Gasteiger partial charge is 1.00 e. The normalized spacial score (nSPS) is 10.4. The van der Waals surface area contributed by atoms with Crippen LogP contribution in [0.15, 0.2) is 39.5 Å². The molecule has 0 radical (unpaired) electrons. The van der Waals surface area contributed by atoms with Crippen molar-refractivity contribution >= 4 is 11.0 Å². The molecule has 1 heterocycles. The van der Waals surface area contributed by atoms with E-state index in [2.05, 4.69) is 0 Å². The van der Waals surface area contributed by atoms with Crippen molar-refractivity contribution in [3.05, 3.63) is 40.6 Å². The number of hydrogen-bond donors (Lipinski definition) is 4. The molecule has 4 N–H and O–H groups in total. The number of rotatable bonds is 2. The van der Waals surface area contributed by atoms with Gasteiger partial charge in [0.05, 0.1) is 7.11 Å². The molecule has 0 amide bonds. The van der Waals surface area contributed by atoms with Crippen LogP contribution in [0.5, 0.6) is 28.7 Å². The summed E-state index contributed by atoms with van der Waals surface area (Å²) in [5.74, 6) is -1.82. The summed E-state index contributed by atoms with van der Waals surface area (Å²) in [5, 5.41) is 38.7. The predicted octanol–water partition coefficient (Wildman–Crippen LogP) is -0.705. The van der Waals surface area contributed by atoms with E-state index in [1.807, 2.05) is 0 Å². The van der Waals surface area contributed by atoms with Crippen molar-refractivity contribution in [3.63, 3.8) is 0 Å². The van der Waals surface area contributed by atoms with Crippen molar-refractivity contribution in [2.75, 3.05) is 7.11 Å². The van der Waals surface area contributed by atoms with Gasteiger partial charge in [-0.15, -0.1) is 0 Å². The van der Waals surface area contributed by atoms with Gasteiger partial charge in [0.1, 0.15) is 22.5 Å². The van der Waals surface area contributed by atoms with Gasteiger partial charge < -0.3 is 29.6 Å². The van der Waals surface area contributed by atoms with Gasteiger partial charge in [-0.25, -0.2) is 0 Å². The molecule has 0 aliphatic rings. The first kappa shape index (κ1) is 18.0. The van der Waals surface area contributed by atoms with E-state index < -0.39 is 16.9 Å². The third kappa shape index (κ3) is 2.89.